The van der Waals surface area contributed by atoms with E-state index in [9.17, 15) is 12.8 Å². The number of rotatable bonds is 4. The number of hydrogen-bond acceptors (Lipinski definition) is 4. The Morgan fingerprint density at radius 1 is 1.37 bits per heavy atom. The second-order valence-corrected chi connectivity index (χ2v) is 7.38. The van der Waals surface area contributed by atoms with Gasteiger partial charge < -0.3 is 5.73 Å². The van der Waals surface area contributed by atoms with Crippen molar-refractivity contribution in [2.45, 2.75) is 11.4 Å². The lowest BCUT2D eigenvalue weighted by atomic mass is 10.3. The number of sulfonamides is 1. The SMILES string of the molecule is Nc1ccc(F)cc1S(=O)(=O)NCc1cc(Br)cs1. The van der Waals surface area contributed by atoms with E-state index in [2.05, 4.69) is 20.7 Å². The normalized spacial score (nSPS) is 11.7. The van der Waals surface area contributed by atoms with Crippen LogP contribution in [0.15, 0.2) is 39.0 Å². The van der Waals surface area contributed by atoms with E-state index < -0.39 is 15.8 Å². The number of thiophene rings is 1. The second-order valence-electron chi connectivity index (χ2n) is 3.74. The van der Waals surface area contributed by atoms with Crippen LogP contribution in [0.4, 0.5) is 10.1 Å². The zero-order valence-corrected chi connectivity index (χ0v) is 12.8. The molecule has 2 aromatic rings. The summed E-state index contributed by atoms with van der Waals surface area (Å²) < 4.78 is 40.4. The molecule has 0 unspecified atom stereocenters. The summed E-state index contributed by atoms with van der Waals surface area (Å²) in [7, 11) is -3.83. The summed E-state index contributed by atoms with van der Waals surface area (Å²) in [5, 5.41) is 1.85. The molecular weight excluding hydrogens is 355 g/mol. The fraction of sp³-hybridized carbons (Fsp3) is 0.0909. The van der Waals surface area contributed by atoms with Crippen molar-refractivity contribution in [2.24, 2.45) is 0 Å². The van der Waals surface area contributed by atoms with Gasteiger partial charge in [0.2, 0.25) is 10.0 Å². The number of nitrogens with two attached hydrogens (primary N) is 1. The van der Waals surface area contributed by atoms with Crippen molar-refractivity contribution in [3.8, 4) is 0 Å². The maximum atomic E-state index is 13.1. The molecule has 0 aliphatic heterocycles. The molecule has 1 heterocycles. The summed E-state index contributed by atoms with van der Waals surface area (Å²) in [5.41, 5.74) is 5.57. The Morgan fingerprint density at radius 2 is 2.11 bits per heavy atom. The molecule has 0 bridgehead atoms. The number of halogens is 2. The molecule has 0 saturated heterocycles. The smallest absolute Gasteiger partial charge is 0.243 e. The highest BCUT2D eigenvalue weighted by molar-refractivity contribution is 9.10. The molecule has 4 nitrogen and oxygen atoms in total. The molecule has 19 heavy (non-hydrogen) atoms. The molecule has 0 atom stereocenters. The lowest BCUT2D eigenvalue weighted by Gasteiger charge is -2.08. The highest BCUT2D eigenvalue weighted by Crippen LogP contribution is 2.22. The zero-order chi connectivity index (χ0) is 14.0. The predicted octanol–water partition coefficient (Wildman–Crippen LogP) is 2.71. The number of nitrogens with one attached hydrogen (secondary N) is 1. The van der Waals surface area contributed by atoms with Crippen LogP contribution in [-0.4, -0.2) is 8.42 Å². The fourth-order valence-electron chi connectivity index (χ4n) is 1.43. The predicted molar refractivity (Wildman–Crippen MR) is 76.9 cm³/mol. The second kappa shape index (κ2) is 5.58. The van der Waals surface area contributed by atoms with E-state index >= 15 is 0 Å². The molecule has 1 aromatic heterocycles. The van der Waals surface area contributed by atoms with Crippen molar-refractivity contribution < 1.29 is 12.8 Å². The Labute approximate surface area is 122 Å². The first-order valence-corrected chi connectivity index (χ1v) is 8.32. The molecule has 8 heteroatoms. The largest absolute Gasteiger partial charge is 0.398 e. The molecule has 2 rings (SSSR count). The van der Waals surface area contributed by atoms with Crippen molar-refractivity contribution in [2.75, 3.05) is 5.73 Å². The van der Waals surface area contributed by atoms with Gasteiger partial charge in [-0.05, 0) is 40.2 Å². The van der Waals surface area contributed by atoms with Gasteiger partial charge in [0.05, 0.1) is 5.69 Å². The summed E-state index contributed by atoms with van der Waals surface area (Å²) in [6.07, 6.45) is 0. The van der Waals surface area contributed by atoms with E-state index in [0.29, 0.717) is 0 Å². The van der Waals surface area contributed by atoms with E-state index in [1.165, 1.54) is 17.4 Å². The van der Waals surface area contributed by atoms with Gasteiger partial charge in [0.15, 0.2) is 0 Å². The highest BCUT2D eigenvalue weighted by atomic mass is 79.9. The average Bonchev–Trinajstić information content (AvgIpc) is 2.76. The standard InChI is InChI=1S/C11H10BrFN2O2S2/c12-7-3-9(18-6-7)5-15-19(16,17)11-4-8(13)1-2-10(11)14/h1-4,6,15H,5,14H2. The fourth-order valence-corrected chi connectivity index (χ4v) is 4.06. The Balaban J connectivity index is 2.20. The van der Waals surface area contributed by atoms with Crippen LogP contribution >= 0.6 is 27.3 Å². The Bertz CT molecular complexity index is 700. The van der Waals surface area contributed by atoms with Crippen molar-refractivity contribution in [3.05, 3.63) is 44.8 Å². The third-order valence-electron chi connectivity index (χ3n) is 2.32. The summed E-state index contributed by atoms with van der Waals surface area (Å²) in [6, 6.07) is 5.06. The van der Waals surface area contributed by atoms with Crippen molar-refractivity contribution >= 4 is 43.0 Å². The lowest BCUT2D eigenvalue weighted by Crippen LogP contribution is -2.23. The molecule has 3 N–H and O–H groups in total. The van der Waals surface area contributed by atoms with Crippen LogP contribution in [0.5, 0.6) is 0 Å². The van der Waals surface area contributed by atoms with Gasteiger partial charge in [-0.15, -0.1) is 11.3 Å². The average molecular weight is 365 g/mol. The molecule has 0 aliphatic rings. The highest BCUT2D eigenvalue weighted by Gasteiger charge is 2.18. The lowest BCUT2D eigenvalue weighted by molar-refractivity contribution is 0.578. The topological polar surface area (TPSA) is 72.2 Å². The van der Waals surface area contributed by atoms with Gasteiger partial charge in [-0.3, -0.25) is 0 Å². The minimum atomic E-state index is -3.83. The minimum Gasteiger partial charge on any atom is -0.398 e. The number of benzene rings is 1. The van der Waals surface area contributed by atoms with Crippen LogP contribution in [0.3, 0.4) is 0 Å². The van der Waals surface area contributed by atoms with E-state index in [4.69, 9.17) is 5.73 Å². The van der Waals surface area contributed by atoms with E-state index in [0.717, 1.165) is 21.5 Å². The first-order valence-electron chi connectivity index (χ1n) is 5.16. The molecule has 0 fully saturated rings. The maximum absolute atomic E-state index is 13.1. The molecular formula is C11H10BrFN2O2S2. The maximum Gasteiger partial charge on any atom is 0.243 e. The summed E-state index contributed by atoms with van der Waals surface area (Å²) in [5.74, 6) is -0.645. The molecule has 0 amide bonds. The third kappa shape index (κ3) is 3.53. The van der Waals surface area contributed by atoms with Gasteiger partial charge in [0, 0.05) is 21.3 Å². The van der Waals surface area contributed by atoms with Gasteiger partial charge in [-0.2, -0.15) is 0 Å². The molecule has 102 valence electrons. The summed E-state index contributed by atoms with van der Waals surface area (Å²) >= 11 is 4.70. The molecule has 0 saturated carbocycles. The van der Waals surface area contributed by atoms with Crippen LogP contribution < -0.4 is 10.5 Å². The van der Waals surface area contributed by atoms with Gasteiger partial charge >= 0.3 is 0 Å². The first kappa shape index (κ1) is 14.4. The van der Waals surface area contributed by atoms with Crippen LogP contribution in [0.1, 0.15) is 4.88 Å². The van der Waals surface area contributed by atoms with Crippen molar-refractivity contribution in [1.82, 2.24) is 4.72 Å². The quantitative estimate of drug-likeness (QED) is 0.819. The minimum absolute atomic E-state index is 0.0151. The number of anilines is 1. The Kier molecular flexibility index (Phi) is 4.24. The van der Waals surface area contributed by atoms with Gasteiger partial charge in [0.1, 0.15) is 10.7 Å². The zero-order valence-electron chi connectivity index (χ0n) is 9.56. The summed E-state index contributed by atoms with van der Waals surface area (Å²) in [6.45, 7) is 0.133. The van der Waals surface area contributed by atoms with Gasteiger partial charge in [-0.25, -0.2) is 17.5 Å². The molecule has 0 radical (unpaired) electrons. The first-order chi connectivity index (χ1) is 8.88. The van der Waals surface area contributed by atoms with Crippen molar-refractivity contribution in [1.29, 1.82) is 0 Å². The molecule has 1 aromatic carbocycles. The van der Waals surface area contributed by atoms with E-state index in [1.807, 2.05) is 11.4 Å². The Hall–Kier alpha value is -0.960. The van der Waals surface area contributed by atoms with Crippen LogP contribution in [0.2, 0.25) is 0 Å². The van der Waals surface area contributed by atoms with E-state index in [1.54, 1.807) is 0 Å². The van der Waals surface area contributed by atoms with Crippen LogP contribution in [0, 0.1) is 5.82 Å². The van der Waals surface area contributed by atoms with Crippen LogP contribution in [-0.2, 0) is 16.6 Å². The monoisotopic (exact) mass is 364 g/mol. The van der Waals surface area contributed by atoms with Gasteiger partial charge in [0.25, 0.3) is 0 Å². The van der Waals surface area contributed by atoms with Crippen molar-refractivity contribution in [3.63, 3.8) is 0 Å². The number of nitrogen functional groups attached to an aromatic ring is 1. The molecule has 0 spiro atoms. The van der Waals surface area contributed by atoms with Crippen LogP contribution in [0.25, 0.3) is 0 Å². The molecule has 0 aliphatic carbocycles. The number of hydrogen-bond donors (Lipinski definition) is 2. The summed E-state index contributed by atoms with van der Waals surface area (Å²) in [4.78, 5) is 0.591. The van der Waals surface area contributed by atoms with E-state index in [-0.39, 0.29) is 17.1 Å². The third-order valence-corrected chi connectivity index (χ3v) is 5.48. The van der Waals surface area contributed by atoms with Gasteiger partial charge in [-0.1, -0.05) is 0 Å². The Morgan fingerprint density at radius 3 is 2.74 bits per heavy atom.